The monoisotopic (exact) mass is 347 g/mol. The molecule has 0 radical (unpaired) electrons. The van der Waals surface area contributed by atoms with Gasteiger partial charge in [0.25, 0.3) is 5.91 Å². The zero-order chi connectivity index (χ0) is 18.4. The Morgan fingerprint density at radius 1 is 1.16 bits per heavy atom. The second kappa shape index (κ2) is 8.20. The van der Waals surface area contributed by atoms with E-state index < -0.39 is 11.7 Å². The van der Waals surface area contributed by atoms with E-state index in [9.17, 15) is 13.6 Å². The lowest BCUT2D eigenvalue weighted by atomic mass is 9.99. The molecule has 0 heterocycles. The molecule has 6 N–H and O–H groups in total. The first-order valence-corrected chi connectivity index (χ1v) is 7.53. The molecule has 6 nitrogen and oxygen atoms in total. The van der Waals surface area contributed by atoms with Crippen LogP contribution in [-0.4, -0.2) is 18.4 Å². The number of hydrogen-bond donors (Lipinski definition) is 5. The largest absolute Gasteiger partial charge is 0.351 e. The number of nitrogens with one attached hydrogen (secondary N) is 4. The Morgan fingerprint density at radius 2 is 1.92 bits per heavy atom. The molecule has 0 unspecified atom stereocenters. The summed E-state index contributed by atoms with van der Waals surface area (Å²) in [6.07, 6.45) is 0. The maximum absolute atomic E-state index is 14.3. The van der Waals surface area contributed by atoms with Crippen LogP contribution in [0.3, 0.4) is 0 Å². The van der Waals surface area contributed by atoms with E-state index in [-0.39, 0.29) is 24.9 Å². The molecule has 1 amide bonds. The van der Waals surface area contributed by atoms with Crippen molar-refractivity contribution in [3.05, 3.63) is 59.2 Å². The first kappa shape index (κ1) is 18.3. The Morgan fingerprint density at radius 3 is 2.60 bits per heavy atom. The summed E-state index contributed by atoms with van der Waals surface area (Å²) >= 11 is 0. The van der Waals surface area contributed by atoms with Gasteiger partial charge >= 0.3 is 0 Å². The van der Waals surface area contributed by atoms with Crippen molar-refractivity contribution >= 4 is 11.9 Å². The molecule has 0 aliphatic heterocycles. The minimum absolute atomic E-state index is 0.0403. The van der Waals surface area contributed by atoms with Gasteiger partial charge in [0.05, 0.1) is 6.54 Å². The summed E-state index contributed by atoms with van der Waals surface area (Å²) in [5.41, 5.74) is 12.0. The molecule has 0 saturated heterocycles. The second-order valence-corrected chi connectivity index (χ2v) is 5.37. The molecular formula is C17H19F2N5O. The maximum Gasteiger partial charge on any atom is 0.252 e. The SMILES string of the molecule is Cc1ccc(F)cc1-c1ccc(CNC(=N)NNC(=O)CN)c(F)c1. The fourth-order valence-electron chi connectivity index (χ4n) is 2.17. The average molecular weight is 347 g/mol. The summed E-state index contributed by atoms with van der Waals surface area (Å²) in [5.74, 6) is -1.54. The highest BCUT2D eigenvalue weighted by atomic mass is 19.1. The van der Waals surface area contributed by atoms with Crippen LogP contribution in [0.1, 0.15) is 11.1 Å². The van der Waals surface area contributed by atoms with Crippen molar-refractivity contribution in [3.63, 3.8) is 0 Å². The molecule has 0 bridgehead atoms. The van der Waals surface area contributed by atoms with Gasteiger partial charge < -0.3 is 11.1 Å². The van der Waals surface area contributed by atoms with E-state index in [0.29, 0.717) is 16.7 Å². The van der Waals surface area contributed by atoms with Crippen LogP contribution in [0.15, 0.2) is 36.4 Å². The smallest absolute Gasteiger partial charge is 0.252 e. The summed E-state index contributed by atoms with van der Waals surface area (Å²) in [6, 6.07) is 8.94. The topological polar surface area (TPSA) is 103 Å². The van der Waals surface area contributed by atoms with E-state index in [1.807, 2.05) is 6.92 Å². The van der Waals surface area contributed by atoms with E-state index in [2.05, 4.69) is 16.2 Å². The Hall–Kier alpha value is -3.00. The fourth-order valence-corrected chi connectivity index (χ4v) is 2.17. The van der Waals surface area contributed by atoms with Crippen LogP contribution in [0.2, 0.25) is 0 Å². The van der Waals surface area contributed by atoms with Crippen LogP contribution in [0.4, 0.5) is 8.78 Å². The number of hydrazine groups is 1. The van der Waals surface area contributed by atoms with Gasteiger partial charge in [-0.1, -0.05) is 18.2 Å². The summed E-state index contributed by atoms with van der Waals surface area (Å²) in [7, 11) is 0. The molecule has 0 aliphatic carbocycles. The number of benzene rings is 2. The zero-order valence-electron chi connectivity index (χ0n) is 13.6. The van der Waals surface area contributed by atoms with Crippen LogP contribution in [0.25, 0.3) is 11.1 Å². The van der Waals surface area contributed by atoms with Gasteiger partial charge in [0.1, 0.15) is 11.6 Å². The number of carbonyl (C=O) groups is 1. The summed E-state index contributed by atoms with van der Waals surface area (Å²) in [4.78, 5) is 11.0. The second-order valence-electron chi connectivity index (χ2n) is 5.37. The Balaban J connectivity index is 2.03. The number of rotatable bonds is 4. The predicted molar refractivity (Wildman–Crippen MR) is 91.4 cm³/mol. The molecule has 0 saturated carbocycles. The highest BCUT2D eigenvalue weighted by Crippen LogP contribution is 2.26. The number of guanidine groups is 1. The van der Waals surface area contributed by atoms with Crippen LogP contribution >= 0.6 is 0 Å². The van der Waals surface area contributed by atoms with E-state index in [1.54, 1.807) is 18.2 Å². The maximum atomic E-state index is 14.3. The molecular weight excluding hydrogens is 328 g/mol. The van der Waals surface area contributed by atoms with E-state index in [4.69, 9.17) is 11.1 Å². The highest BCUT2D eigenvalue weighted by molar-refractivity contribution is 5.83. The number of halogens is 2. The lowest BCUT2D eigenvalue weighted by Gasteiger charge is -2.12. The standard InChI is InChI=1S/C17H19F2N5O/c1-10-2-5-13(18)7-14(10)11-3-4-12(15(19)6-11)9-22-17(21)24-23-16(25)8-20/h2-7H,8-9,20H2,1H3,(H,23,25)(H3,21,22,24). The van der Waals surface area contributed by atoms with Gasteiger partial charge in [-0.2, -0.15) is 0 Å². The average Bonchev–Trinajstić information content (AvgIpc) is 2.60. The third-order valence-electron chi connectivity index (χ3n) is 3.53. The number of carbonyl (C=O) groups excluding carboxylic acids is 1. The Kier molecular flexibility index (Phi) is 6.02. The molecule has 0 atom stereocenters. The van der Waals surface area contributed by atoms with Crippen molar-refractivity contribution in [2.75, 3.05) is 6.54 Å². The van der Waals surface area contributed by atoms with Crippen LogP contribution in [0, 0.1) is 24.0 Å². The van der Waals surface area contributed by atoms with Crippen molar-refractivity contribution in [3.8, 4) is 11.1 Å². The zero-order valence-corrected chi connectivity index (χ0v) is 13.6. The Labute approximate surface area is 143 Å². The molecule has 2 rings (SSSR count). The van der Waals surface area contributed by atoms with Gasteiger partial charge in [-0.25, -0.2) is 8.78 Å². The van der Waals surface area contributed by atoms with Gasteiger partial charge in [0.2, 0.25) is 5.96 Å². The normalized spacial score (nSPS) is 10.2. The molecule has 2 aromatic rings. The number of amides is 1. The number of aryl methyl sites for hydroxylation is 1. The number of hydrogen-bond acceptors (Lipinski definition) is 3. The van der Waals surface area contributed by atoms with Gasteiger partial charge in [0, 0.05) is 12.1 Å². The van der Waals surface area contributed by atoms with Crippen LogP contribution in [-0.2, 0) is 11.3 Å². The molecule has 2 aromatic carbocycles. The first-order chi connectivity index (χ1) is 11.9. The molecule has 25 heavy (non-hydrogen) atoms. The van der Waals surface area contributed by atoms with E-state index >= 15 is 0 Å². The van der Waals surface area contributed by atoms with Gasteiger partial charge in [-0.3, -0.25) is 21.1 Å². The highest BCUT2D eigenvalue weighted by Gasteiger charge is 2.09. The summed E-state index contributed by atoms with van der Waals surface area (Å²) in [6.45, 7) is 1.65. The molecule has 132 valence electrons. The summed E-state index contributed by atoms with van der Waals surface area (Å²) in [5, 5.41) is 10.2. The predicted octanol–water partition coefficient (Wildman–Crippen LogP) is 1.54. The van der Waals surface area contributed by atoms with Crippen molar-refractivity contribution < 1.29 is 13.6 Å². The minimum Gasteiger partial charge on any atom is -0.351 e. The molecule has 0 aliphatic rings. The van der Waals surface area contributed by atoms with Crippen LogP contribution < -0.4 is 21.9 Å². The van der Waals surface area contributed by atoms with E-state index in [1.165, 1.54) is 18.2 Å². The first-order valence-electron chi connectivity index (χ1n) is 7.53. The Bertz CT molecular complexity index is 795. The van der Waals surface area contributed by atoms with Crippen molar-refractivity contribution in [2.45, 2.75) is 13.5 Å². The minimum atomic E-state index is -0.479. The van der Waals surface area contributed by atoms with E-state index in [0.717, 1.165) is 5.56 Å². The van der Waals surface area contributed by atoms with Crippen molar-refractivity contribution in [1.29, 1.82) is 5.41 Å². The van der Waals surface area contributed by atoms with Crippen molar-refractivity contribution in [1.82, 2.24) is 16.2 Å². The lowest BCUT2D eigenvalue weighted by molar-refractivity contribution is -0.120. The molecule has 8 heteroatoms. The van der Waals surface area contributed by atoms with Crippen molar-refractivity contribution in [2.24, 2.45) is 5.73 Å². The van der Waals surface area contributed by atoms with Gasteiger partial charge in [-0.15, -0.1) is 0 Å². The van der Waals surface area contributed by atoms with Gasteiger partial charge in [-0.05, 0) is 41.8 Å². The molecule has 0 aromatic heterocycles. The quantitative estimate of drug-likeness (QED) is 0.329. The number of nitrogens with two attached hydrogens (primary N) is 1. The molecule has 0 spiro atoms. The molecule has 0 fully saturated rings. The third-order valence-corrected chi connectivity index (χ3v) is 3.53. The fraction of sp³-hybridized carbons (Fsp3) is 0.176. The van der Waals surface area contributed by atoms with Gasteiger partial charge in [0.15, 0.2) is 0 Å². The lowest BCUT2D eigenvalue weighted by Crippen LogP contribution is -2.49. The third kappa shape index (κ3) is 4.98. The van der Waals surface area contributed by atoms with Crippen LogP contribution in [0.5, 0.6) is 0 Å². The summed E-state index contributed by atoms with van der Waals surface area (Å²) < 4.78 is 27.7.